The van der Waals surface area contributed by atoms with E-state index < -0.39 is 18.4 Å². The first-order valence-electron chi connectivity index (χ1n) is 3.47. The van der Waals surface area contributed by atoms with Gasteiger partial charge in [0.25, 0.3) is 0 Å². The highest BCUT2D eigenvalue weighted by Crippen LogP contribution is 2.18. The maximum atomic E-state index is 11.6. The minimum absolute atomic E-state index is 0.121. The molecule has 1 aliphatic heterocycles. The highest BCUT2D eigenvalue weighted by atomic mass is 19.4. The van der Waals surface area contributed by atoms with E-state index >= 15 is 0 Å². The molecule has 0 bridgehead atoms. The fourth-order valence-corrected chi connectivity index (χ4v) is 0.720. The summed E-state index contributed by atoms with van der Waals surface area (Å²) in [6, 6.07) is 0. The molecule has 0 spiro atoms. The number of hydrogen-bond acceptors (Lipinski definition) is 4. The zero-order valence-electron chi connectivity index (χ0n) is 6.47. The van der Waals surface area contributed by atoms with Crippen molar-refractivity contribution in [3.05, 3.63) is 0 Å². The van der Waals surface area contributed by atoms with Gasteiger partial charge in [-0.25, -0.2) is 4.79 Å². The molecule has 1 aliphatic rings. The summed E-state index contributed by atoms with van der Waals surface area (Å²) in [6.45, 7) is 0.248. The molecule has 1 saturated heterocycles. The quantitative estimate of drug-likeness (QED) is 0.577. The van der Waals surface area contributed by atoms with Crippen LogP contribution in [-0.2, 0) is 19.0 Å². The van der Waals surface area contributed by atoms with Crippen LogP contribution < -0.4 is 0 Å². The number of hydrogen-bond donors (Lipinski definition) is 0. The van der Waals surface area contributed by atoms with Gasteiger partial charge in [-0.2, -0.15) is 13.2 Å². The standard InChI is InChI=1S/C6H7F3O4/c7-6(8,9)5(10)13-4-3-11-1-2-12-4/h4H,1-3H2. The lowest BCUT2D eigenvalue weighted by Gasteiger charge is -2.22. The second kappa shape index (κ2) is 3.93. The van der Waals surface area contributed by atoms with Crippen molar-refractivity contribution < 1.29 is 32.2 Å². The smallest absolute Gasteiger partial charge is 0.427 e. The Morgan fingerprint density at radius 1 is 1.38 bits per heavy atom. The van der Waals surface area contributed by atoms with Crippen LogP contribution >= 0.6 is 0 Å². The van der Waals surface area contributed by atoms with E-state index in [1.165, 1.54) is 0 Å². The molecule has 0 aromatic heterocycles. The molecule has 1 atom stereocenters. The Hall–Kier alpha value is -0.820. The summed E-state index contributed by atoms with van der Waals surface area (Å²) in [5.74, 6) is -2.26. The maximum absolute atomic E-state index is 11.6. The highest BCUT2D eigenvalue weighted by molar-refractivity contribution is 5.75. The van der Waals surface area contributed by atoms with Crippen LogP contribution in [0.2, 0.25) is 0 Å². The summed E-state index contributed by atoms with van der Waals surface area (Å²) in [7, 11) is 0. The van der Waals surface area contributed by atoms with Crippen LogP contribution in [-0.4, -0.2) is 38.3 Å². The SMILES string of the molecule is O=C(OC1COCCO1)C(F)(F)F. The molecule has 0 aromatic rings. The zero-order chi connectivity index (χ0) is 9.90. The van der Waals surface area contributed by atoms with E-state index in [9.17, 15) is 18.0 Å². The van der Waals surface area contributed by atoms with E-state index in [1.807, 2.05) is 0 Å². The molecule has 0 N–H and O–H groups in total. The summed E-state index contributed by atoms with van der Waals surface area (Å²) >= 11 is 0. The molecular formula is C6H7F3O4. The largest absolute Gasteiger partial charge is 0.491 e. The van der Waals surface area contributed by atoms with Gasteiger partial charge in [0.1, 0.15) is 6.61 Å². The molecule has 76 valence electrons. The van der Waals surface area contributed by atoms with Crippen LogP contribution in [0.3, 0.4) is 0 Å². The molecule has 4 nitrogen and oxygen atoms in total. The van der Waals surface area contributed by atoms with E-state index in [4.69, 9.17) is 4.74 Å². The van der Waals surface area contributed by atoms with Crippen LogP contribution in [0.4, 0.5) is 13.2 Å². The Kier molecular flexibility index (Phi) is 3.10. The molecule has 0 radical (unpaired) electrons. The lowest BCUT2D eigenvalue weighted by atomic mass is 10.5. The number of carbonyl (C=O) groups excluding carboxylic acids is 1. The van der Waals surface area contributed by atoms with Crippen molar-refractivity contribution in [3.8, 4) is 0 Å². The van der Waals surface area contributed by atoms with Gasteiger partial charge in [0, 0.05) is 0 Å². The first-order chi connectivity index (χ1) is 6.00. The first kappa shape index (κ1) is 10.3. The number of carbonyl (C=O) groups is 1. The molecule has 1 rings (SSSR count). The van der Waals surface area contributed by atoms with Gasteiger partial charge in [-0.1, -0.05) is 0 Å². The van der Waals surface area contributed by atoms with Crippen molar-refractivity contribution >= 4 is 5.97 Å². The van der Waals surface area contributed by atoms with Crippen molar-refractivity contribution in [2.24, 2.45) is 0 Å². The maximum Gasteiger partial charge on any atom is 0.491 e. The molecule has 0 amide bonds. The Labute approximate surface area is 71.6 Å². The summed E-state index contributed by atoms with van der Waals surface area (Å²) in [5.41, 5.74) is 0. The summed E-state index contributed by atoms with van der Waals surface area (Å²) in [6.07, 6.45) is -6.23. The zero-order valence-corrected chi connectivity index (χ0v) is 6.47. The second-order valence-electron chi connectivity index (χ2n) is 2.28. The van der Waals surface area contributed by atoms with Crippen LogP contribution in [0.25, 0.3) is 0 Å². The predicted molar refractivity (Wildman–Crippen MR) is 32.7 cm³/mol. The molecule has 1 fully saturated rings. The van der Waals surface area contributed by atoms with E-state index in [0.717, 1.165) is 0 Å². The van der Waals surface area contributed by atoms with Gasteiger partial charge < -0.3 is 14.2 Å². The third-order valence-electron chi connectivity index (χ3n) is 1.26. The van der Waals surface area contributed by atoms with Gasteiger partial charge >= 0.3 is 12.1 Å². The molecule has 0 aliphatic carbocycles. The minimum Gasteiger partial charge on any atom is -0.427 e. The van der Waals surface area contributed by atoms with Crippen LogP contribution in [0, 0.1) is 0 Å². The van der Waals surface area contributed by atoms with E-state index in [2.05, 4.69) is 9.47 Å². The Balaban J connectivity index is 2.35. The van der Waals surface area contributed by atoms with Gasteiger partial charge in [0.2, 0.25) is 6.29 Å². The number of rotatable bonds is 1. The number of ether oxygens (including phenoxy) is 3. The summed E-state index contributed by atoms with van der Waals surface area (Å²) < 4.78 is 48.2. The van der Waals surface area contributed by atoms with E-state index in [-0.39, 0.29) is 13.2 Å². The molecule has 7 heteroatoms. The van der Waals surface area contributed by atoms with Gasteiger partial charge in [0.15, 0.2) is 0 Å². The van der Waals surface area contributed by atoms with Crippen LogP contribution in [0.15, 0.2) is 0 Å². The normalized spacial score (nSPS) is 24.1. The van der Waals surface area contributed by atoms with Gasteiger partial charge in [-0.05, 0) is 0 Å². The fourth-order valence-electron chi connectivity index (χ4n) is 0.720. The average molecular weight is 200 g/mol. The topological polar surface area (TPSA) is 44.8 Å². The van der Waals surface area contributed by atoms with E-state index in [1.54, 1.807) is 0 Å². The van der Waals surface area contributed by atoms with E-state index in [0.29, 0.717) is 6.61 Å². The minimum atomic E-state index is -4.99. The molecule has 0 saturated carbocycles. The highest BCUT2D eigenvalue weighted by Gasteiger charge is 2.42. The van der Waals surface area contributed by atoms with Crippen molar-refractivity contribution in [3.63, 3.8) is 0 Å². The van der Waals surface area contributed by atoms with Crippen molar-refractivity contribution in [2.45, 2.75) is 12.5 Å². The number of alkyl halides is 3. The fraction of sp³-hybridized carbons (Fsp3) is 0.833. The molecular weight excluding hydrogens is 193 g/mol. The van der Waals surface area contributed by atoms with Gasteiger partial charge in [-0.3, -0.25) is 0 Å². The van der Waals surface area contributed by atoms with Crippen molar-refractivity contribution in [2.75, 3.05) is 19.8 Å². The molecule has 1 unspecified atom stereocenters. The van der Waals surface area contributed by atoms with Crippen LogP contribution in [0.1, 0.15) is 0 Å². The molecule has 13 heavy (non-hydrogen) atoms. The second-order valence-corrected chi connectivity index (χ2v) is 2.28. The number of esters is 1. The van der Waals surface area contributed by atoms with Gasteiger partial charge in [-0.15, -0.1) is 0 Å². The third kappa shape index (κ3) is 3.19. The number of halogens is 3. The lowest BCUT2D eigenvalue weighted by molar-refractivity contribution is -0.245. The Morgan fingerprint density at radius 3 is 2.54 bits per heavy atom. The average Bonchev–Trinajstić information content (AvgIpc) is 2.04. The van der Waals surface area contributed by atoms with Crippen molar-refractivity contribution in [1.82, 2.24) is 0 Å². The third-order valence-corrected chi connectivity index (χ3v) is 1.26. The van der Waals surface area contributed by atoms with Crippen LogP contribution in [0.5, 0.6) is 0 Å². The molecule has 1 heterocycles. The Morgan fingerprint density at radius 2 is 2.08 bits per heavy atom. The summed E-state index contributed by atoms with van der Waals surface area (Å²) in [5, 5.41) is 0. The lowest BCUT2D eigenvalue weighted by Crippen LogP contribution is -2.37. The predicted octanol–water partition coefficient (Wildman–Crippen LogP) is 0.465. The summed E-state index contributed by atoms with van der Waals surface area (Å²) in [4.78, 5) is 10.3. The van der Waals surface area contributed by atoms with Gasteiger partial charge in [0.05, 0.1) is 13.2 Å². The molecule has 0 aromatic carbocycles. The van der Waals surface area contributed by atoms with Crippen molar-refractivity contribution in [1.29, 1.82) is 0 Å². The Bertz CT molecular complexity index is 185. The monoisotopic (exact) mass is 200 g/mol. The first-order valence-corrected chi connectivity index (χ1v) is 3.47.